The molecule has 2 aromatic rings. The second-order valence-electron chi connectivity index (χ2n) is 6.87. The van der Waals surface area contributed by atoms with Gasteiger partial charge >= 0.3 is 0 Å². The zero-order valence-corrected chi connectivity index (χ0v) is 16.2. The van der Waals surface area contributed by atoms with Crippen LogP contribution in [-0.4, -0.2) is 37.0 Å². The summed E-state index contributed by atoms with van der Waals surface area (Å²) in [6, 6.07) is 16.3. The van der Waals surface area contributed by atoms with Crippen molar-refractivity contribution in [3.05, 3.63) is 65.2 Å². The highest BCUT2D eigenvalue weighted by atomic mass is 35.5. The number of likely N-dealkylation sites (tertiary alicyclic amines) is 1. The number of hydrogen-bond donors (Lipinski definition) is 1. The first-order valence-electron chi connectivity index (χ1n) is 8.81. The fourth-order valence-electron chi connectivity index (χ4n) is 3.58. The van der Waals surface area contributed by atoms with Crippen LogP contribution >= 0.6 is 12.4 Å². The fraction of sp³-hybridized carbons (Fsp3) is 0.381. The minimum Gasteiger partial charge on any atom is -0.484 e. The molecule has 2 aromatic carbocycles. The van der Waals surface area contributed by atoms with Crippen LogP contribution < -0.4 is 10.5 Å². The third-order valence-electron chi connectivity index (χ3n) is 5.01. The van der Waals surface area contributed by atoms with Gasteiger partial charge in [0, 0.05) is 19.0 Å². The van der Waals surface area contributed by atoms with E-state index in [9.17, 15) is 4.79 Å². The normalized spacial score (nSPS) is 19.1. The molecule has 0 aromatic heterocycles. The molecule has 1 heterocycles. The number of carbonyl (C=O) groups excluding carboxylic acids is 1. The lowest BCUT2D eigenvalue weighted by atomic mass is 9.89. The Balaban J connectivity index is 0.00000243. The Kier molecular flexibility index (Phi) is 7.06. The van der Waals surface area contributed by atoms with Gasteiger partial charge in [-0.3, -0.25) is 4.79 Å². The van der Waals surface area contributed by atoms with Crippen molar-refractivity contribution < 1.29 is 9.53 Å². The molecule has 0 spiro atoms. The van der Waals surface area contributed by atoms with Crippen LogP contribution in [-0.2, 0) is 4.79 Å². The Labute approximate surface area is 161 Å². The molecule has 1 aliphatic heterocycles. The number of rotatable bonds is 5. The van der Waals surface area contributed by atoms with Crippen LogP contribution in [0, 0.1) is 19.8 Å². The van der Waals surface area contributed by atoms with Crippen molar-refractivity contribution in [2.45, 2.75) is 19.8 Å². The highest BCUT2D eigenvalue weighted by molar-refractivity contribution is 5.85. The average Bonchev–Trinajstić information content (AvgIpc) is 3.06. The van der Waals surface area contributed by atoms with Crippen molar-refractivity contribution in [2.24, 2.45) is 11.7 Å². The molecule has 0 bridgehead atoms. The largest absolute Gasteiger partial charge is 0.484 e. The van der Waals surface area contributed by atoms with Gasteiger partial charge in [-0.2, -0.15) is 0 Å². The summed E-state index contributed by atoms with van der Waals surface area (Å²) in [5.74, 6) is 1.40. The molecule has 3 rings (SSSR count). The van der Waals surface area contributed by atoms with Crippen molar-refractivity contribution in [2.75, 3.05) is 26.2 Å². The van der Waals surface area contributed by atoms with E-state index in [1.807, 2.05) is 49.1 Å². The predicted molar refractivity (Wildman–Crippen MR) is 107 cm³/mol. The minimum atomic E-state index is 0. The SMILES string of the molecule is Cc1ccc(OCC(=O)N2C[C@@H](CN)[C@H](c3ccccc3)C2)c(C)c1.Cl. The Morgan fingerprint density at radius 2 is 1.88 bits per heavy atom. The van der Waals surface area contributed by atoms with Crippen LogP contribution in [0.3, 0.4) is 0 Å². The summed E-state index contributed by atoms with van der Waals surface area (Å²) in [5, 5.41) is 0. The van der Waals surface area contributed by atoms with Gasteiger partial charge in [0.2, 0.25) is 0 Å². The van der Waals surface area contributed by atoms with Crippen molar-refractivity contribution in [1.82, 2.24) is 4.90 Å². The van der Waals surface area contributed by atoms with Gasteiger partial charge in [0.25, 0.3) is 5.91 Å². The highest BCUT2D eigenvalue weighted by Crippen LogP contribution is 2.32. The first-order chi connectivity index (χ1) is 12.1. The maximum absolute atomic E-state index is 12.6. The van der Waals surface area contributed by atoms with E-state index in [2.05, 4.69) is 18.2 Å². The van der Waals surface area contributed by atoms with Gasteiger partial charge in [-0.25, -0.2) is 0 Å². The number of amides is 1. The molecule has 1 fully saturated rings. The third-order valence-corrected chi connectivity index (χ3v) is 5.01. The summed E-state index contributed by atoms with van der Waals surface area (Å²) < 4.78 is 5.75. The number of carbonyl (C=O) groups is 1. The predicted octanol–water partition coefficient (Wildman–Crippen LogP) is 3.30. The molecule has 4 nitrogen and oxygen atoms in total. The Morgan fingerprint density at radius 1 is 1.15 bits per heavy atom. The number of benzene rings is 2. The molecule has 0 aliphatic carbocycles. The summed E-state index contributed by atoms with van der Waals surface area (Å²) in [6.45, 7) is 6.11. The smallest absolute Gasteiger partial charge is 0.260 e. The maximum atomic E-state index is 12.6. The van der Waals surface area contributed by atoms with Gasteiger partial charge < -0.3 is 15.4 Å². The van der Waals surface area contributed by atoms with Gasteiger partial charge in [0.1, 0.15) is 5.75 Å². The van der Waals surface area contributed by atoms with E-state index in [0.29, 0.717) is 31.5 Å². The number of ether oxygens (including phenoxy) is 1. The molecule has 1 amide bonds. The molecule has 0 saturated carbocycles. The summed E-state index contributed by atoms with van der Waals surface area (Å²) in [6.07, 6.45) is 0. The number of aryl methyl sites for hydroxylation is 2. The number of halogens is 1. The van der Waals surface area contributed by atoms with Gasteiger partial charge in [0.15, 0.2) is 6.61 Å². The molecular formula is C21H27ClN2O2. The van der Waals surface area contributed by atoms with E-state index in [1.54, 1.807) is 0 Å². The van der Waals surface area contributed by atoms with Crippen LogP contribution in [0.2, 0.25) is 0 Å². The van der Waals surface area contributed by atoms with Crippen LogP contribution in [0.15, 0.2) is 48.5 Å². The van der Waals surface area contributed by atoms with E-state index in [-0.39, 0.29) is 24.9 Å². The molecule has 1 saturated heterocycles. The Hall–Kier alpha value is -2.04. The zero-order chi connectivity index (χ0) is 17.8. The lowest BCUT2D eigenvalue weighted by Gasteiger charge is -2.17. The number of nitrogens with zero attached hydrogens (tertiary/aromatic N) is 1. The minimum absolute atomic E-state index is 0. The van der Waals surface area contributed by atoms with E-state index >= 15 is 0 Å². The second kappa shape index (κ2) is 9.06. The standard InChI is InChI=1S/C21H26N2O2.ClH/c1-15-8-9-20(16(2)10-15)25-14-21(24)23-12-18(11-22)19(13-23)17-6-4-3-5-7-17;/h3-10,18-19H,11-14,22H2,1-2H3;1H/t18-,19+;/m1./s1. The number of nitrogens with two attached hydrogens (primary N) is 1. The molecular weight excluding hydrogens is 348 g/mol. The van der Waals surface area contributed by atoms with Gasteiger partial charge in [-0.1, -0.05) is 48.0 Å². The van der Waals surface area contributed by atoms with Gasteiger partial charge in [-0.05, 0) is 43.5 Å². The van der Waals surface area contributed by atoms with Crippen molar-refractivity contribution in [3.8, 4) is 5.75 Å². The Morgan fingerprint density at radius 3 is 2.54 bits per heavy atom. The molecule has 0 radical (unpaired) electrons. The van der Waals surface area contributed by atoms with E-state index < -0.39 is 0 Å². The summed E-state index contributed by atoms with van der Waals surface area (Å²) in [5.41, 5.74) is 9.45. The van der Waals surface area contributed by atoms with Crippen molar-refractivity contribution in [1.29, 1.82) is 0 Å². The van der Waals surface area contributed by atoms with Crippen molar-refractivity contribution >= 4 is 18.3 Å². The number of hydrogen-bond acceptors (Lipinski definition) is 3. The van der Waals surface area contributed by atoms with Gasteiger partial charge in [-0.15, -0.1) is 12.4 Å². The molecule has 0 unspecified atom stereocenters. The van der Waals surface area contributed by atoms with Crippen LogP contribution in [0.25, 0.3) is 0 Å². The molecule has 2 atom stereocenters. The lowest BCUT2D eigenvalue weighted by Crippen LogP contribution is -2.33. The molecule has 5 heteroatoms. The monoisotopic (exact) mass is 374 g/mol. The van der Waals surface area contributed by atoms with E-state index in [4.69, 9.17) is 10.5 Å². The molecule has 140 valence electrons. The van der Waals surface area contributed by atoms with Gasteiger partial charge in [0.05, 0.1) is 0 Å². The maximum Gasteiger partial charge on any atom is 0.260 e. The highest BCUT2D eigenvalue weighted by Gasteiger charge is 2.35. The third kappa shape index (κ3) is 4.57. The first-order valence-corrected chi connectivity index (χ1v) is 8.81. The summed E-state index contributed by atoms with van der Waals surface area (Å²) in [4.78, 5) is 14.5. The summed E-state index contributed by atoms with van der Waals surface area (Å²) >= 11 is 0. The first kappa shape index (κ1) is 20.3. The van der Waals surface area contributed by atoms with Crippen LogP contribution in [0.4, 0.5) is 0 Å². The fourth-order valence-corrected chi connectivity index (χ4v) is 3.58. The lowest BCUT2D eigenvalue weighted by molar-refractivity contribution is -0.132. The molecule has 26 heavy (non-hydrogen) atoms. The molecule has 1 aliphatic rings. The zero-order valence-electron chi connectivity index (χ0n) is 15.4. The van der Waals surface area contributed by atoms with E-state index in [1.165, 1.54) is 11.1 Å². The van der Waals surface area contributed by atoms with Crippen molar-refractivity contribution in [3.63, 3.8) is 0 Å². The van der Waals surface area contributed by atoms with E-state index in [0.717, 1.165) is 11.3 Å². The second-order valence-corrected chi connectivity index (χ2v) is 6.87. The van der Waals surface area contributed by atoms with Crippen LogP contribution in [0.5, 0.6) is 5.75 Å². The quantitative estimate of drug-likeness (QED) is 0.873. The molecule has 2 N–H and O–H groups in total. The topological polar surface area (TPSA) is 55.6 Å². The summed E-state index contributed by atoms with van der Waals surface area (Å²) in [7, 11) is 0. The Bertz CT molecular complexity index is 736. The average molecular weight is 375 g/mol. The van der Waals surface area contributed by atoms with Crippen LogP contribution in [0.1, 0.15) is 22.6 Å².